The van der Waals surface area contributed by atoms with Crippen LogP contribution >= 0.6 is 0 Å². The third kappa shape index (κ3) is 6.97. The zero-order chi connectivity index (χ0) is 25.6. The van der Waals surface area contributed by atoms with Gasteiger partial charge in [0.15, 0.2) is 0 Å². The van der Waals surface area contributed by atoms with Crippen LogP contribution in [0, 0.1) is 0 Å². The number of rotatable bonds is 10. The Morgan fingerprint density at radius 3 is 2.17 bits per heavy atom. The molecule has 0 saturated heterocycles. The molecule has 35 heavy (non-hydrogen) atoms. The number of halogens is 3. The molecule has 2 aromatic carbocycles. The Morgan fingerprint density at radius 2 is 1.63 bits per heavy atom. The molecule has 0 radical (unpaired) electrons. The van der Waals surface area contributed by atoms with Crippen LogP contribution in [0.4, 0.5) is 18.0 Å². The van der Waals surface area contributed by atoms with Gasteiger partial charge in [0.05, 0.1) is 0 Å². The number of aliphatic carboxylic acids is 1. The van der Waals surface area contributed by atoms with Gasteiger partial charge in [0.1, 0.15) is 12.6 Å². The van der Waals surface area contributed by atoms with E-state index in [4.69, 9.17) is 9.84 Å². The highest BCUT2D eigenvalue weighted by Gasteiger charge is 2.31. The fourth-order valence-corrected chi connectivity index (χ4v) is 4.20. The van der Waals surface area contributed by atoms with Crippen molar-refractivity contribution >= 4 is 18.0 Å². The summed E-state index contributed by atoms with van der Waals surface area (Å²) in [6.07, 6.45) is -7.23. The largest absolute Gasteiger partial charge is 0.481 e. The maximum absolute atomic E-state index is 12.7. The van der Waals surface area contributed by atoms with Crippen molar-refractivity contribution in [3.05, 3.63) is 59.7 Å². The monoisotopic (exact) mass is 492 g/mol. The van der Waals surface area contributed by atoms with Crippen LogP contribution in [0.1, 0.15) is 42.7 Å². The van der Waals surface area contributed by atoms with Crippen LogP contribution in [0.2, 0.25) is 0 Å². The minimum Gasteiger partial charge on any atom is -0.481 e. The summed E-state index contributed by atoms with van der Waals surface area (Å²) in [6, 6.07) is 14.3. The highest BCUT2D eigenvalue weighted by Crippen LogP contribution is 2.44. The van der Waals surface area contributed by atoms with Crippen LogP contribution < -0.4 is 5.32 Å². The topological polar surface area (TPSA) is 95.9 Å². The van der Waals surface area contributed by atoms with E-state index in [0.717, 1.165) is 27.2 Å². The average Bonchev–Trinajstić information content (AvgIpc) is 3.12. The van der Waals surface area contributed by atoms with Crippen molar-refractivity contribution in [1.29, 1.82) is 0 Å². The molecule has 0 saturated carbocycles. The lowest BCUT2D eigenvalue weighted by atomic mass is 9.98. The summed E-state index contributed by atoms with van der Waals surface area (Å²) in [5.74, 6) is -2.05. The Labute approximate surface area is 200 Å². The Morgan fingerprint density at radius 1 is 1.06 bits per heavy atom. The van der Waals surface area contributed by atoms with Gasteiger partial charge in [-0.15, -0.1) is 0 Å². The van der Waals surface area contributed by atoms with Crippen molar-refractivity contribution < 1.29 is 37.4 Å². The zero-order valence-corrected chi connectivity index (χ0v) is 19.2. The van der Waals surface area contributed by atoms with Crippen LogP contribution in [-0.2, 0) is 14.3 Å². The number of nitrogens with one attached hydrogen (secondary N) is 1. The van der Waals surface area contributed by atoms with Crippen molar-refractivity contribution in [1.82, 2.24) is 10.2 Å². The molecule has 2 N–H and O–H groups in total. The van der Waals surface area contributed by atoms with Gasteiger partial charge in [-0.1, -0.05) is 48.5 Å². The highest BCUT2D eigenvalue weighted by molar-refractivity contribution is 5.86. The number of alkyl carbamates (subject to hydrolysis) is 1. The number of carbonyl (C=O) groups excluding carboxylic acids is 2. The molecule has 3 rings (SSSR count). The van der Waals surface area contributed by atoms with Crippen molar-refractivity contribution in [2.24, 2.45) is 0 Å². The number of likely N-dealkylation sites (N-methyl/N-ethyl adjacent to an activating group) is 1. The molecule has 0 spiro atoms. The number of carbonyl (C=O) groups is 3. The van der Waals surface area contributed by atoms with Crippen molar-refractivity contribution in [3.63, 3.8) is 0 Å². The number of hydrogen-bond acceptors (Lipinski definition) is 4. The van der Waals surface area contributed by atoms with Crippen LogP contribution in [0.25, 0.3) is 11.1 Å². The Balaban J connectivity index is 1.62. The molecule has 1 atom stereocenters. The minimum absolute atomic E-state index is 0.00111. The zero-order valence-electron chi connectivity index (χ0n) is 19.2. The van der Waals surface area contributed by atoms with Crippen molar-refractivity contribution in [2.75, 3.05) is 20.2 Å². The first-order valence-electron chi connectivity index (χ1n) is 11.2. The molecular weight excluding hydrogens is 465 g/mol. The van der Waals surface area contributed by atoms with Gasteiger partial charge in [-0.25, -0.2) is 4.79 Å². The van der Waals surface area contributed by atoms with Crippen molar-refractivity contribution in [3.8, 4) is 11.1 Å². The predicted molar refractivity (Wildman–Crippen MR) is 122 cm³/mol. The molecule has 1 unspecified atom stereocenters. The summed E-state index contributed by atoms with van der Waals surface area (Å²) in [5.41, 5.74) is 4.10. The van der Waals surface area contributed by atoms with Crippen LogP contribution in [-0.4, -0.2) is 60.4 Å². The van der Waals surface area contributed by atoms with Gasteiger partial charge in [-0.3, -0.25) is 9.59 Å². The van der Waals surface area contributed by atoms with Gasteiger partial charge >= 0.3 is 18.2 Å². The molecule has 0 aliphatic heterocycles. The Bertz CT molecular complexity index is 1030. The summed E-state index contributed by atoms with van der Waals surface area (Å²) in [7, 11) is 1.31. The number of benzene rings is 2. The number of fused-ring (bicyclic) bond motifs is 3. The first-order valence-corrected chi connectivity index (χ1v) is 11.2. The molecule has 7 nitrogen and oxygen atoms in total. The maximum Gasteiger partial charge on any atom is 0.407 e. The van der Waals surface area contributed by atoms with E-state index in [9.17, 15) is 27.6 Å². The molecular formula is C25H27F3N2O5. The fourth-order valence-electron chi connectivity index (χ4n) is 4.20. The molecule has 1 aliphatic rings. The number of nitrogens with zero attached hydrogens (tertiary/aromatic N) is 1. The van der Waals surface area contributed by atoms with Gasteiger partial charge in [-0.2, -0.15) is 13.2 Å². The third-order valence-electron chi connectivity index (χ3n) is 5.91. The van der Waals surface area contributed by atoms with Gasteiger partial charge < -0.3 is 20.1 Å². The number of amides is 2. The molecule has 0 heterocycles. The molecule has 188 valence electrons. The number of carboxylic acid groups (broad SMARTS) is 1. The molecule has 10 heteroatoms. The van der Waals surface area contributed by atoms with E-state index in [1.807, 2.05) is 48.5 Å². The fraction of sp³-hybridized carbons (Fsp3) is 0.400. The first-order chi connectivity index (χ1) is 16.6. The predicted octanol–water partition coefficient (Wildman–Crippen LogP) is 4.56. The number of hydrogen-bond donors (Lipinski definition) is 2. The smallest absolute Gasteiger partial charge is 0.407 e. The molecule has 0 aromatic heterocycles. The SMILES string of the molecule is CN(CCCC(F)(F)F)C(=O)C(CCC(=O)O)NC(=O)OCC1c2ccccc2-c2ccccc21. The standard InChI is InChI=1S/C25H27F3N2O5/c1-30(14-6-13-25(26,27)28)23(33)21(11-12-22(31)32)29-24(34)35-15-20-18-9-4-2-7-16(18)17-8-3-5-10-19(17)20/h2-5,7-10,20-21H,6,11-15H2,1H3,(H,29,34)(H,31,32). The summed E-state index contributed by atoms with van der Waals surface area (Å²) in [6.45, 7) is -0.185. The number of carboxylic acids is 1. The number of ether oxygens (including phenoxy) is 1. The lowest BCUT2D eigenvalue weighted by Crippen LogP contribution is -2.48. The van der Waals surface area contributed by atoms with Crippen LogP contribution in [0.3, 0.4) is 0 Å². The molecule has 0 fully saturated rings. The van der Waals surface area contributed by atoms with Crippen LogP contribution in [0.15, 0.2) is 48.5 Å². The normalized spacial score (nSPS) is 13.5. The first kappa shape index (κ1) is 26.1. The third-order valence-corrected chi connectivity index (χ3v) is 5.91. The summed E-state index contributed by atoms with van der Waals surface area (Å²) in [4.78, 5) is 37.3. The second kappa shape index (κ2) is 11.2. The van der Waals surface area contributed by atoms with Gasteiger partial charge in [0.2, 0.25) is 5.91 Å². The van der Waals surface area contributed by atoms with Gasteiger partial charge in [-0.05, 0) is 35.1 Å². The van der Waals surface area contributed by atoms with E-state index in [2.05, 4.69) is 5.32 Å². The Hall–Kier alpha value is -3.56. The summed E-state index contributed by atoms with van der Waals surface area (Å²) in [5, 5.41) is 11.4. The van der Waals surface area contributed by atoms with Gasteiger partial charge in [0, 0.05) is 32.4 Å². The van der Waals surface area contributed by atoms with E-state index in [0.29, 0.717) is 0 Å². The summed E-state index contributed by atoms with van der Waals surface area (Å²) >= 11 is 0. The maximum atomic E-state index is 12.7. The highest BCUT2D eigenvalue weighted by atomic mass is 19.4. The quantitative estimate of drug-likeness (QED) is 0.507. The van der Waals surface area contributed by atoms with Gasteiger partial charge in [0.25, 0.3) is 0 Å². The summed E-state index contributed by atoms with van der Waals surface area (Å²) < 4.78 is 42.6. The molecule has 0 bridgehead atoms. The minimum atomic E-state index is -4.34. The second-order valence-electron chi connectivity index (χ2n) is 8.43. The Kier molecular flexibility index (Phi) is 8.37. The molecule has 2 aromatic rings. The number of alkyl halides is 3. The lowest BCUT2D eigenvalue weighted by Gasteiger charge is -2.24. The lowest BCUT2D eigenvalue weighted by molar-refractivity contribution is -0.141. The molecule has 2 amide bonds. The van der Waals surface area contributed by atoms with E-state index in [-0.39, 0.29) is 31.9 Å². The van der Waals surface area contributed by atoms with Crippen LogP contribution in [0.5, 0.6) is 0 Å². The molecule has 1 aliphatic carbocycles. The van der Waals surface area contributed by atoms with E-state index >= 15 is 0 Å². The van der Waals surface area contributed by atoms with E-state index in [1.165, 1.54) is 7.05 Å². The van der Waals surface area contributed by atoms with Crippen molar-refractivity contribution in [2.45, 2.75) is 43.8 Å². The van der Waals surface area contributed by atoms with E-state index in [1.54, 1.807) is 0 Å². The average molecular weight is 492 g/mol. The van der Waals surface area contributed by atoms with E-state index < -0.39 is 43.0 Å². The second-order valence-corrected chi connectivity index (χ2v) is 8.43.